The van der Waals surface area contributed by atoms with E-state index in [1.165, 1.54) is 0 Å². The lowest BCUT2D eigenvalue weighted by Crippen LogP contribution is -2.77. The number of Topliss-reactive ketones (excluding diaryl/α,β-unsaturated/α-hetero) is 1. The summed E-state index contributed by atoms with van der Waals surface area (Å²) in [5, 5.41) is 30.1. The number of aliphatic hydroxyl groups is 2. The van der Waals surface area contributed by atoms with E-state index in [-0.39, 0.29) is 48.6 Å². The fourth-order valence-electron chi connectivity index (χ4n) is 14.3. The molecule has 1 aromatic heterocycles. The molecule has 5 aliphatic heterocycles. The van der Waals surface area contributed by atoms with Crippen LogP contribution >= 0.6 is 0 Å². The van der Waals surface area contributed by atoms with Gasteiger partial charge in [0.1, 0.15) is 30.2 Å². The molecule has 1 aromatic rings. The van der Waals surface area contributed by atoms with Crippen LogP contribution in [0.15, 0.2) is 28.9 Å². The second-order valence-corrected chi connectivity index (χ2v) is 18.7. The molecule has 0 amide bonds. The fraction of sp³-hybridized carbons (Fsp3) is 0.775. The van der Waals surface area contributed by atoms with Crippen molar-refractivity contribution in [1.29, 1.82) is 0 Å². The third-order valence-corrected chi connectivity index (χ3v) is 16.1. The smallest absolute Gasteiger partial charge is 0.339 e. The first-order valence-electron chi connectivity index (χ1n) is 19.6. The number of hydrogen-bond donors (Lipinski definition) is 4. The first-order chi connectivity index (χ1) is 24.8. The molecule has 282 valence electrons. The van der Waals surface area contributed by atoms with Gasteiger partial charge in [0, 0.05) is 54.1 Å². The maximum atomic E-state index is 14.7. The van der Waals surface area contributed by atoms with E-state index in [0.717, 1.165) is 31.6 Å². The number of rotatable bonds is 6. The van der Waals surface area contributed by atoms with Gasteiger partial charge in [0.15, 0.2) is 11.9 Å². The molecule has 10 rings (SSSR count). The molecule has 9 aliphatic rings. The summed E-state index contributed by atoms with van der Waals surface area (Å²) in [7, 11) is 0. The molecule has 4 N–H and O–H groups in total. The molecule has 12 heteroatoms. The van der Waals surface area contributed by atoms with E-state index in [0.29, 0.717) is 43.4 Å². The second kappa shape index (κ2) is 11.0. The highest BCUT2D eigenvalue weighted by Crippen LogP contribution is 2.82. The van der Waals surface area contributed by atoms with Gasteiger partial charge in [-0.3, -0.25) is 14.9 Å². The summed E-state index contributed by atoms with van der Waals surface area (Å²) in [4.78, 5) is 42.1. The van der Waals surface area contributed by atoms with Crippen molar-refractivity contribution in [2.24, 2.45) is 57.7 Å². The number of furan rings is 1. The molecule has 5 saturated heterocycles. The Bertz CT molecular complexity index is 1740. The second-order valence-electron chi connectivity index (χ2n) is 18.7. The summed E-state index contributed by atoms with van der Waals surface area (Å²) in [5.41, 5.74) is -4.31. The van der Waals surface area contributed by atoms with Crippen molar-refractivity contribution in [1.82, 2.24) is 10.6 Å². The van der Waals surface area contributed by atoms with E-state index in [4.69, 9.17) is 23.4 Å². The number of cyclic esters (lactones) is 2. The minimum Gasteiger partial charge on any atom is -0.469 e. The van der Waals surface area contributed by atoms with Crippen molar-refractivity contribution in [3.8, 4) is 0 Å². The zero-order valence-electron chi connectivity index (χ0n) is 30.5. The van der Waals surface area contributed by atoms with Crippen LogP contribution in [-0.2, 0) is 39.8 Å². The van der Waals surface area contributed by atoms with Gasteiger partial charge in [0.25, 0.3) is 0 Å². The number of hydrogen-bond acceptors (Lipinski definition) is 12. The summed E-state index contributed by atoms with van der Waals surface area (Å²) in [5.74, 6) is -1.48. The van der Waals surface area contributed by atoms with Crippen molar-refractivity contribution in [2.45, 2.75) is 108 Å². The van der Waals surface area contributed by atoms with Crippen LogP contribution in [0.2, 0.25) is 0 Å². The fourth-order valence-corrected chi connectivity index (χ4v) is 14.3. The molecule has 0 aromatic carbocycles. The molecule has 4 aliphatic carbocycles. The Labute approximate surface area is 303 Å². The molecule has 16 atom stereocenters. The lowest BCUT2D eigenvalue weighted by molar-refractivity contribution is -0.266. The van der Waals surface area contributed by atoms with Gasteiger partial charge in [-0.1, -0.05) is 26.0 Å². The van der Waals surface area contributed by atoms with Crippen molar-refractivity contribution >= 4 is 17.7 Å². The Morgan fingerprint density at radius 3 is 2.56 bits per heavy atom. The van der Waals surface area contributed by atoms with Crippen molar-refractivity contribution in [3.05, 3.63) is 35.8 Å². The molecule has 52 heavy (non-hydrogen) atoms. The normalized spacial score (nSPS) is 51.4. The number of epoxide rings is 1. The standard InChI is InChI=1S/C40H52N2O10/c1-36(2)29-27(44)30(45)38(4)28-21(9-10-24-32(51-36)39(28,29)17-49-34(24)46)14-37(3)31(50-35(47)33-40(37,38)52-33)23-11-12-48-26(23)13-22(16-43)19-5-7-20(8-6-19)25-15-41-18-42-25/h5,7,11-12,19-22,24-25,28-33,41-43,45H,6,8-10,13-18H2,1-4H3/t19-,20-,21+,22+,24-,25+,28-,29+,30+,31-,32-,33+,37-,38-,39+,40+/m0/s1. The molecule has 0 unspecified atom stereocenters. The average molecular weight is 721 g/mol. The van der Waals surface area contributed by atoms with E-state index in [9.17, 15) is 24.6 Å². The maximum Gasteiger partial charge on any atom is 0.339 e. The van der Waals surface area contributed by atoms with Gasteiger partial charge in [-0.05, 0) is 81.6 Å². The van der Waals surface area contributed by atoms with Crippen molar-refractivity contribution in [3.63, 3.8) is 0 Å². The molecule has 2 spiro atoms. The number of esters is 2. The lowest BCUT2D eigenvalue weighted by atomic mass is 9.34. The Morgan fingerprint density at radius 2 is 1.83 bits per heavy atom. The van der Waals surface area contributed by atoms with Crippen LogP contribution in [0, 0.1) is 57.7 Å². The van der Waals surface area contributed by atoms with E-state index in [2.05, 4.69) is 29.7 Å². The molecular weight excluding hydrogens is 668 g/mol. The van der Waals surface area contributed by atoms with E-state index in [1.54, 1.807) is 6.26 Å². The quantitative estimate of drug-likeness (QED) is 0.193. The molecular formula is C40H52N2O10. The third kappa shape index (κ3) is 3.96. The van der Waals surface area contributed by atoms with Crippen LogP contribution in [0.25, 0.3) is 0 Å². The van der Waals surface area contributed by atoms with Crippen LogP contribution in [0.4, 0.5) is 0 Å². The molecule has 12 nitrogen and oxygen atoms in total. The largest absolute Gasteiger partial charge is 0.469 e. The third-order valence-electron chi connectivity index (χ3n) is 16.1. The SMILES string of the molecule is CC1(C)O[C@H]2[C@@H]3CC[C@@H]4C[C@@]5(C)[C@H](c6ccoc6C[C@H](CO)[C@H]6C=C[C@H]([C@H]7CNCN7)CC6)OC(=O)[C@H]6O[C@]65[C@]5(C)[C@H](O)C(=O)[C@H]1[C@@]2(COC3=O)[C@@H]45. The van der Waals surface area contributed by atoms with Gasteiger partial charge < -0.3 is 38.9 Å². The highest BCUT2D eigenvalue weighted by Gasteiger charge is 2.92. The average Bonchev–Trinajstić information content (AvgIpc) is 3.37. The maximum absolute atomic E-state index is 14.7. The number of allylic oxidation sites excluding steroid dienone is 1. The van der Waals surface area contributed by atoms with Crippen LogP contribution < -0.4 is 10.6 Å². The van der Waals surface area contributed by atoms with Crippen molar-refractivity contribution in [2.75, 3.05) is 26.4 Å². The van der Waals surface area contributed by atoms with Crippen LogP contribution in [0.1, 0.15) is 77.2 Å². The van der Waals surface area contributed by atoms with E-state index >= 15 is 0 Å². The molecule has 2 bridgehead atoms. The minimum absolute atomic E-state index is 0.0131. The first kappa shape index (κ1) is 33.9. The summed E-state index contributed by atoms with van der Waals surface area (Å²) in [6, 6.07) is 2.29. The minimum atomic E-state index is -1.43. The Hall–Kier alpha value is -2.61. The van der Waals surface area contributed by atoms with Crippen molar-refractivity contribution < 1.29 is 48.0 Å². The number of aliphatic hydroxyl groups excluding tert-OH is 2. The van der Waals surface area contributed by atoms with Gasteiger partial charge >= 0.3 is 11.9 Å². The number of ether oxygens (including phenoxy) is 4. The highest BCUT2D eigenvalue weighted by atomic mass is 16.7. The summed E-state index contributed by atoms with van der Waals surface area (Å²) < 4.78 is 32.0. The van der Waals surface area contributed by atoms with Crippen LogP contribution in [-0.4, -0.2) is 89.9 Å². The first-order valence-corrected chi connectivity index (χ1v) is 19.6. The summed E-state index contributed by atoms with van der Waals surface area (Å²) >= 11 is 0. The van der Waals surface area contributed by atoms with E-state index < -0.39 is 69.7 Å². The van der Waals surface area contributed by atoms with Crippen LogP contribution in [0.5, 0.6) is 0 Å². The van der Waals surface area contributed by atoms with Gasteiger partial charge in [-0.15, -0.1) is 0 Å². The summed E-state index contributed by atoms with van der Waals surface area (Å²) in [6.45, 7) is 9.64. The Morgan fingerprint density at radius 1 is 1.00 bits per heavy atom. The topological polar surface area (TPSA) is 169 Å². The molecule has 8 fully saturated rings. The summed E-state index contributed by atoms with van der Waals surface area (Å²) in [6.07, 6.45) is 6.78. The van der Waals surface area contributed by atoms with E-state index in [1.807, 2.05) is 26.8 Å². The zero-order valence-corrected chi connectivity index (χ0v) is 30.5. The highest BCUT2D eigenvalue weighted by molar-refractivity contribution is 5.92. The number of ketones is 1. The van der Waals surface area contributed by atoms with Gasteiger partial charge in [-0.25, -0.2) is 4.79 Å². The van der Waals surface area contributed by atoms with Crippen LogP contribution in [0.3, 0.4) is 0 Å². The van der Waals surface area contributed by atoms with Gasteiger partial charge in [0.05, 0.1) is 29.8 Å². The molecule has 0 radical (unpaired) electrons. The van der Waals surface area contributed by atoms with Gasteiger partial charge in [0.2, 0.25) is 0 Å². The number of nitrogens with one attached hydrogen (secondary N) is 2. The number of carbonyl (C=O) groups is 3. The molecule has 6 heterocycles. The predicted molar refractivity (Wildman–Crippen MR) is 182 cm³/mol. The van der Waals surface area contributed by atoms with Gasteiger partial charge in [-0.2, -0.15) is 0 Å². The monoisotopic (exact) mass is 720 g/mol. The zero-order chi connectivity index (χ0) is 36.2. The lowest BCUT2D eigenvalue weighted by Gasteiger charge is -2.68. The molecule has 3 saturated carbocycles. The number of carbonyl (C=O) groups excluding carboxylic acids is 3. The predicted octanol–water partition coefficient (Wildman–Crippen LogP) is 2.61. The Balaban J connectivity index is 1.03. The Kier molecular flexibility index (Phi) is 7.18.